The van der Waals surface area contributed by atoms with Gasteiger partial charge >= 0.3 is 11.9 Å². The maximum atomic E-state index is 10.7. The van der Waals surface area contributed by atoms with Crippen molar-refractivity contribution in [3.05, 3.63) is 0 Å². The van der Waals surface area contributed by atoms with Gasteiger partial charge in [0.05, 0.1) is 0 Å². The van der Waals surface area contributed by atoms with Gasteiger partial charge < -0.3 is 10.2 Å². The Balaban J connectivity index is 1.62. The smallest absolute Gasteiger partial charge is 0.303 e. The minimum Gasteiger partial charge on any atom is -0.481 e. The lowest BCUT2D eigenvalue weighted by atomic mass is 10.1. The molecule has 6 heteroatoms. The Labute approximate surface area is 127 Å². The highest BCUT2D eigenvalue weighted by Gasteiger charge is 2.30. The predicted octanol–water partition coefficient (Wildman–Crippen LogP) is 3.65. The molecule has 0 bridgehead atoms. The second kappa shape index (κ2) is 7.59. The second-order valence-electron chi connectivity index (χ2n) is 5.99. The Hall–Kier alpha value is -0.360. The molecule has 2 aliphatic carbocycles. The van der Waals surface area contributed by atoms with E-state index in [0.29, 0.717) is 35.2 Å². The minimum absolute atomic E-state index is 0.311. The third-order valence-corrected chi connectivity index (χ3v) is 7.72. The first-order valence-electron chi connectivity index (χ1n) is 7.28. The van der Waals surface area contributed by atoms with Crippen LogP contribution in [0.5, 0.6) is 0 Å². The first kappa shape index (κ1) is 16.0. The Morgan fingerprint density at radius 1 is 0.800 bits per heavy atom. The fourth-order valence-electron chi connectivity index (χ4n) is 3.25. The quantitative estimate of drug-likeness (QED) is 0.698. The van der Waals surface area contributed by atoms with E-state index >= 15 is 0 Å². The average molecular weight is 318 g/mol. The summed E-state index contributed by atoms with van der Waals surface area (Å²) in [6.45, 7) is 0. The maximum Gasteiger partial charge on any atom is 0.303 e. The third kappa shape index (κ3) is 5.20. The zero-order chi connectivity index (χ0) is 14.5. The molecule has 0 saturated heterocycles. The van der Waals surface area contributed by atoms with Gasteiger partial charge in [-0.1, -0.05) is 21.6 Å². The lowest BCUT2D eigenvalue weighted by Gasteiger charge is -2.13. The number of carbonyl (C=O) groups is 2. The van der Waals surface area contributed by atoms with Gasteiger partial charge in [0.2, 0.25) is 0 Å². The van der Waals surface area contributed by atoms with Gasteiger partial charge in [0, 0.05) is 23.3 Å². The normalized spacial score (nSPS) is 33.4. The molecule has 2 saturated carbocycles. The molecule has 0 spiro atoms. The maximum absolute atomic E-state index is 10.7. The highest BCUT2D eigenvalue weighted by atomic mass is 33.1. The van der Waals surface area contributed by atoms with E-state index in [1.807, 2.05) is 21.6 Å². The van der Waals surface area contributed by atoms with Crippen LogP contribution in [0.3, 0.4) is 0 Å². The van der Waals surface area contributed by atoms with Crippen LogP contribution in [0.1, 0.15) is 51.4 Å². The minimum atomic E-state index is -0.680. The first-order chi connectivity index (χ1) is 9.52. The van der Waals surface area contributed by atoms with Crippen molar-refractivity contribution in [2.45, 2.75) is 61.9 Å². The molecule has 2 rings (SSSR count). The Morgan fingerprint density at radius 3 is 1.55 bits per heavy atom. The molecule has 4 nitrogen and oxygen atoms in total. The summed E-state index contributed by atoms with van der Waals surface area (Å²) in [6, 6.07) is 0. The Morgan fingerprint density at radius 2 is 1.20 bits per heavy atom. The molecular formula is C14H22O4S2. The van der Waals surface area contributed by atoms with Crippen molar-refractivity contribution in [2.75, 3.05) is 0 Å². The Bertz CT molecular complexity index is 327. The summed E-state index contributed by atoms with van der Waals surface area (Å²) in [4.78, 5) is 21.4. The first-order valence-corrected chi connectivity index (χ1v) is 9.56. The highest BCUT2D eigenvalue weighted by Crippen LogP contribution is 2.47. The second-order valence-corrected chi connectivity index (χ2v) is 8.86. The summed E-state index contributed by atoms with van der Waals surface area (Å²) < 4.78 is 0. The lowest BCUT2D eigenvalue weighted by molar-refractivity contribution is -0.139. The topological polar surface area (TPSA) is 74.6 Å². The van der Waals surface area contributed by atoms with Crippen molar-refractivity contribution in [1.29, 1.82) is 0 Å². The molecular weight excluding hydrogens is 296 g/mol. The van der Waals surface area contributed by atoms with Crippen molar-refractivity contribution in [1.82, 2.24) is 0 Å². The SMILES string of the molecule is O=C(O)CC1CCC(SSC2CCC(CC(=O)O)C2)C1. The molecule has 0 radical (unpaired) electrons. The van der Waals surface area contributed by atoms with Crippen LogP contribution in [0.15, 0.2) is 0 Å². The molecule has 0 aromatic heterocycles. The van der Waals surface area contributed by atoms with Crippen LogP contribution >= 0.6 is 21.6 Å². The molecule has 0 heterocycles. The van der Waals surface area contributed by atoms with Crippen molar-refractivity contribution in [3.8, 4) is 0 Å². The summed E-state index contributed by atoms with van der Waals surface area (Å²) in [7, 11) is 3.82. The van der Waals surface area contributed by atoms with E-state index in [4.69, 9.17) is 10.2 Å². The Kier molecular flexibility index (Phi) is 6.08. The van der Waals surface area contributed by atoms with E-state index in [1.54, 1.807) is 0 Å². The van der Waals surface area contributed by atoms with E-state index < -0.39 is 11.9 Å². The van der Waals surface area contributed by atoms with Crippen molar-refractivity contribution >= 4 is 33.5 Å². The summed E-state index contributed by atoms with van der Waals surface area (Å²) >= 11 is 0. The standard InChI is InChI=1S/C14H22O4S2/c15-13(16)7-9-1-3-11(5-9)19-20-12-4-2-10(6-12)8-14(17)18/h9-12H,1-8H2,(H,15,16)(H,17,18). The van der Waals surface area contributed by atoms with Crippen molar-refractivity contribution in [2.24, 2.45) is 11.8 Å². The fraction of sp³-hybridized carbons (Fsp3) is 0.857. The molecule has 2 fully saturated rings. The van der Waals surface area contributed by atoms with Crippen LogP contribution < -0.4 is 0 Å². The largest absolute Gasteiger partial charge is 0.481 e. The molecule has 114 valence electrons. The third-order valence-electron chi connectivity index (χ3n) is 4.24. The molecule has 2 N–H and O–H groups in total. The zero-order valence-corrected chi connectivity index (χ0v) is 13.1. The van der Waals surface area contributed by atoms with Crippen LogP contribution in [0, 0.1) is 11.8 Å². The number of carboxylic acids is 2. The van der Waals surface area contributed by atoms with Crippen LogP contribution in [0.2, 0.25) is 0 Å². The predicted molar refractivity (Wildman–Crippen MR) is 81.9 cm³/mol. The molecule has 0 aromatic rings. The highest BCUT2D eigenvalue weighted by molar-refractivity contribution is 8.77. The molecule has 2 aliphatic rings. The summed E-state index contributed by atoms with van der Waals surface area (Å²) in [5.41, 5.74) is 0. The van der Waals surface area contributed by atoms with Crippen molar-refractivity contribution in [3.63, 3.8) is 0 Å². The van der Waals surface area contributed by atoms with Gasteiger partial charge in [0.1, 0.15) is 0 Å². The van der Waals surface area contributed by atoms with Gasteiger partial charge in [-0.25, -0.2) is 0 Å². The molecule has 20 heavy (non-hydrogen) atoms. The number of aliphatic carboxylic acids is 2. The summed E-state index contributed by atoms with van der Waals surface area (Å²) in [5.74, 6) is -0.649. The van der Waals surface area contributed by atoms with Gasteiger partial charge in [0.15, 0.2) is 0 Å². The number of hydrogen-bond acceptors (Lipinski definition) is 4. The van der Waals surface area contributed by atoms with Crippen molar-refractivity contribution < 1.29 is 19.8 Å². The molecule has 4 unspecified atom stereocenters. The summed E-state index contributed by atoms with van der Waals surface area (Å²) in [5, 5.41) is 18.8. The fourth-order valence-corrected chi connectivity index (χ4v) is 6.73. The van der Waals surface area contributed by atoms with Crippen LogP contribution in [-0.2, 0) is 9.59 Å². The zero-order valence-electron chi connectivity index (χ0n) is 11.5. The summed E-state index contributed by atoms with van der Waals surface area (Å²) in [6.07, 6.45) is 7.00. The molecule has 0 aliphatic heterocycles. The molecule has 4 atom stereocenters. The van der Waals surface area contributed by atoms with Crippen LogP contribution in [0.4, 0.5) is 0 Å². The van der Waals surface area contributed by atoms with E-state index in [1.165, 1.54) is 0 Å². The van der Waals surface area contributed by atoms with Gasteiger partial charge in [-0.3, -0.25) is 9.59 Å². The van der Waals surface area contributed by atoms with E-state index in [2.05, 4.69) is 0 Å². The van der Waals surface area contributed by atoms with Crippen LogP contribution in [-0.4, -0.2) is 32.7 Å². The number of hydrogen-bond donors (Lipinski definition) is 2. The lowest BCUT2D eigenvalue weighted by Crippen LogP contribution is -2.06. The van der Waals surface area contributed by atoms with Gasteiger partial charge in [-0.05, 0) is 50.4 Å². The monoisotopic (exact) mass is 318 g/mol. The van der Waals surface area contributed by atoms with Gasteiger partial charge in [0.25, 0.3) is 0 Å². The van der Waals surface area contributed by atoms with E-state index in [0.717, 1.165) is 38.5 Å². The molecule has 0 aromatic carbocycles. The average Bonchev–Trinajstić information content (AvgIpc) is 2.94. The number of carboxylic acid groups (broad SMARTS) is 2. The van der Waals surface area contributed by atoms with Gasteiger partial charge in [-0.2, -0.15) is 0 Å². The van der Waals surface area contributed by atoms with Gasteiger partial charge in [-0.15, -0.1) is 0 Å². The van der Waals surface area contributed by atoms with Crippen LogP contribution in [0.25, 0.3) is 0 Å². The number of rotatable bonds is 7. The van der Waals surface area contributed by atoms with E-state index in [9.17, 15) is 9.59 Å². The molecule has 0 amide bonds. The van der Waals surface area contributed by atoms with E-state index in [-0.39, 0.29) is 0 Å².